The summed E-state index contributed by atoms with van der Waals surface area (Å²) in [5, 5.41) is 0. The first-order valence-electron chi connectivity index (χ1n) is 9.42. The van der Waals surface area contributed by atoms with Gasteiger partial charge in [0.15, 0.2) is 11.5 Å². The van der Waals surface area contributed by atoms with Crippen LogP contribution in [0.1, 0.15) is 35.6 Å². The molecule has 0 spiro atoms. The van der Waals surface area contributed by atoms with Gasteiger partial charge in [0.05, 0.1) is 27.4 Å². The molecule has 1 atom stereocenters. The zero-order valence-corrected chi connectivity index (χ0v) is 16.9. The second-order valence-electron chi connectivity index (χ2n) is 6.88. The third kappa shape index (κ3) is 4.14. The van der Waals surface area contributed by atoms with Gasteiger partial charge in [0, 0.05) is 18.2 Å². The number of aryl methyl sites for hydroxylation is 1. The Labute approximate surface area is 166 Å². The van der Waals surface area contributed by atoms with Gasteiger partial charge in [-0.2, -0.15) is 0 Å². The maximum absolute atomic E-state index is 12.9. The third-order valence-corrected chi connectivity index (χ3v) is 5.12. The summed E-state index contributed by atoms with van der Waals surface area (Å²) in [5.74, 6) is 2.13. The van der Waals surface area contributed by atoms with Gasteiger partial charge in [0.2, 0.25) is 5.91 Å². The first-order chi connectivity index (χ1) is 13.6. The number of carbonyl (C=O) groups excluding carboxylic acids is 1. The van der Waals surface area contributed by atoms with E-state index < -0.39 is 0 Å². The van der Waals surface area contributed by atoms with E-state index in [4.69, 9.17) is 14.2 Å². The number of likely N-dealkylation sites (tertiary alicyclic amines) is 1. The van der Waals surface area contributed by atoms with E-state index in [2.05, 4.69) is 0 Å². The highest BCUT2D eigenvalue weighted by atomic mass is 16.5. The van der Waals surface area contributed by atoms with Crippen LogP contribution in [-0.2, 0) is 4.79 Å². The molecule has 2 aromatic carbocycles. The maximum Gasteiger partial charge on any atom is 0.247 e. The van der Waals surface area contributed by atoms with Gasteiger partial charge in [0.25, 0.3) is 0 Å². The minimum absolute atomic E-state index is 0.000782. The Kier molecular flexibility index (Phi) is 6.24. The summed E-state index contributed by atoms with van der Waals surface area (Å²) in [4.78, 5) is 14.8. The van der Waals surface area contributed by atoms with Gasteiger partial charge in [-0.15, -0.1) is 0 Å². The lowest BCUT2D eigenvalue weighted by molar-refractivity contribution is -0.126. The summed E-state index contributed by atoms with van der Waals surface area (Å²) in [6.07, 6.45) is 5.38. The molecule has 0 aromatic heterocycles. The molecule has 1 amide bonds. The normalized spacial score (nSPS) is 16.4. The standard InChI is InChI=1S/C23H27NO4/c1-16-7-10-20(26-2)18(14-16)9-12-23(25)24-13-5-6-19(24)17-8-11-21(27-3)22(15-17)28-4/h7-12,14-15,19H,5-6,13H2,1-4H3/b12-9+. The zero-order valence-electron chi connectivity index (χ0n) is 16.9. The number of rotatable bonds is 6. The highest BCUT2D eigenvalue weighted by molar-refractivity contribution is 5.92. The van der Waals surface area contributed by atoms with E-state index >= 15 is 0 Å². The van der Waals surface area contributed by atoms with Gasteiger partial charge in [-0.3, -0.25) is 4.79 Å². The summed E-state index contributed by atoms with van der Waals surface area (Å²) in [6.45, 7) is 2.76. The van der Waals surface area contributed by atoms with Crippen LogP contribution in [0.2, 0.25) is 0 Å². The van der Waals surface area contributed by atoms with E-state index in [1.54, 1.807) is 27.4 Å². The van der Waals surface area contributed by atoms with Crippen LogP contribution in [0.25, 0.3) is 6.08 Å². The van der Waals surface area contributed by atoms with Crippen molar-refractivity contribution in [3.05, 3.63) is 59.2 Å². The van der Waals surface area contributed by atoms with Crippen molar-refractivity contribution in [2.45, 2.75) is 25.8 Å². The minimum Gasteiger partial charge on any atom is -0.496 e. The second kappa shape index (κ2) is 8.83. The first kappa shape index (κ1) is 19.8. The summed E-state index contributed by atoms with van der Waals surface area (Å²) < 4.78 is 16.1. The van der Waals surface area contributed by atoms with Gasteiger partial charge in [-0.25, -0.2) is 0 Å². The van der Waals surface area contributed by atoms with Crippen LogP contribution < -0.4 is 14.2 Å². The Hall–Kier alpha value is -2.95. The number of ether oxygens (including phenoxy) is 3. The molecule has 5 nitrogen and oxygen atoms in total. The lowest BCUT2D eigenvalue weighted by Gasteiger charge is -2.24. The van der Waals surface area contributed by atoms with Crippen LogP contribution in [0.15, 0.2) is 42.5 Å². The molecule has 1 unspecified atom stereocenters. The number of hydrogen-bond donors (Lipinski definition) is 0. The van der Waals surface area contributed by atoms with Gasteiger partial charge in [-0.05, 0) is 55.7 Å². The highest BCUT2D eigenvalue weighted by Gasteiger charge is 2.29. The third-order valence-electron chi connectivity index (χ3n) is 5.12. The molecule has 28 heavy (non-hydrogen) atoms. The molecule has 1 heterocycles. The molecule has 3 rings (SSSR count). The number of benzene rings is 2. The largest absolute Gasteiger partial charge is 0.496 e. The number of carbonyl (C=O) groups is 1. The van der Waals surface area contributed by atoms with Crippen molar-refractivity contribution in [1.29, 1.82) is 0 Å². The van der Waals surface area contributed by atoms with Gasteiger partial charge in [0.1, 0.15) is 5.75 Å². The Balaban J connectivity index is 1.81. The van der Waals surface area contributed by atoms with Crippen LogP contribution in [0.3, 0.4) is 0 Å². The summed E-state index contributed by atoms with van der Waals surface area (Å²) in [5.41, 5.74) is 3.08. The Morgan fingerprint density at radius 1 is 1.00 bits per heavy atom. The number of nitrogens with zero attached hydrogens (tertiary/aromatic N) is 1. The molecule has 5 heteroatoms. The molecule has 0 aliphatic carbocycles. The zero-order chi connectivity index (χ0) is 20.1. The lowest BCUT2D eigenvalue weighted by atomic mass is 10.0. The molecule has 148 valence electrons. The topological polar surface area (TPSA) is 48.0 Å². The van der Waals surface area contributed by atoms with E-state index in [1.165, 1.54) is 0 Å². The molecule has 0 N–H and O–H groups in total. The molecule has 1 saturated heterocycles. The number of methoxy groups -OCH3 is 3. The average Bonchev–Trinajstić information content (AvgIpc) is 3.21. The summed E-state index contributed by atoms with van der Waals surface area (Å²) in [7, 11) is 4.88. The number of hydrogen-bond acceptors (Lipinski definition) is 4. The van der Waals surface area contributed by atoms with Gasteiger partial charge in [-0.1, -0.05) is 17.7 Å². The number of amides is 1. The summed E-state index contributed by atoms with van der Waals surface area (Å²) in [6, 6.07) is 11.8. The smallest absolute Gasteiger partial charge is 0.247 e. The van der Waals surface area contributed by atoms with Crippen molar-refractivity contribution in [2.24, 2.45) is 0 Å². The van der Waals surface area contributed by atoms with Gasteiger partial charge >= 0.3 is 0 Å². The molecular weight excluding hydrogens is 354 g/mol. The Morgan fingerprint density at radius 2 is 1.71 bits per heavy atom. The summed E-state index contributed by atoms with van der Waals surface area (Å²) >= 11 is 0. The lowest BCUT2D eigenvalue weighted by Crippen LogP contribution is -2.28. The van der Waals surface area contributed by atoms with Crippen LogP contribution in [0, 0.1) is 6.92 Å². The fourth-order valence-corrected chi connectivity index (χ4v) is 3.68. The predicted octanol–water partition coefficient (Wildman–Crippen LogP) is 4.40. The van der Waals surface area contributed by atoms with E-state index in [1.807, 2.05) is 54.3 Å². The molecule has 1 aliphatic heterocycles. The fourth-order valence-electron chi connectivity index (χ4n) is 3.68. The van der Waals surface area contributed by atoms with E-state index in [0.717, 1.165) is 41.8 Å². The van der Waals surface area contributed by atoms with Crippen LogP contribution >= 0.6 is 0 Å². The van der Waals surface area contributed by atoms with Crippen molar-refractivity contribution in [3.63, 3.8) is 0 Å². The monoisotopic (exact) mass is 381 g/mol. The first-order valence-corrected chi connectivity index (χ1v) is 9.42. The van der Waals surface area contributed by atoms with Crippen LogP contribution in [-0.4, -0.2) is 38.7 Å². The maximum atomic E-state index is 12.9. The SMILES string of the molecule is COc1ccc(C)cc1/C=C/C(=O)N1CCCC1c1ccc(OC)c(OC)c1. The van der Waals surface area contributed by atoms with Gasteiger partial charge < -0.3 is 19.1 Å². The molecule has 1 aliphatic rings. The molecular formula is C23H27NO4. The Morgan fingerprint density at radius 3 is 2.43 bits per heavy atom. The van der Waals surface area contributed by atoms with Crippen molar-refractivity contribution in [1.82, 2.24) is 4.90 Å². The van der Waals surface area contributed by atoms with Crippen molar-refractivity contribution >= 4 is 12.0 Å². The Bertz CT molecular complexity index is 875. The molecule has 1 fully saturated rings. The fraction of sp³-hybridized carbons (Fsp3) is 0.348. The van der Waals surface area contributed by atoms with Crippen LogP contribution in [0.5, 0.6) is 17.2 Å². The van der Waals surface area contributed by atoms with Crippen molar-refractivity contribution in [2.75, 3.05) is 27.9 Å². The molecule has 0 saturated carbocycles. The highest BCUT2D eigenvalue weighted by Crippen LogP contribution is 2.37. The minimum atomic E-state index is 0.000782. The van der Waals surface area contributed by atoms with E-state index in [9.17, 15) is 4.79 Å². The second-order valence-corrected chi connectivity index (χ2v) is 6.88. The quantitative estimate of drug-likeness (QED) is 0.696. The van der Waals surface area contributed by atoms with Crippen molar-refractivity contribution in [3.8, 4) is 17.2 Å². The molecule has 2 aromatic rings. The van der Waals surface area contributed by atoms with E-state index in [-0.39, 0.29) is 11.9 Å². The average molecular weight is 381 g/mol. The molecule has 0 bridgehead atoms. The van der Waals surface area contributed by atoms with Crippen LogP contribution in [0.4, 0.5) is 0 Å². The van der Waals surface area contributed by atoms with Crippen molar-refractivity contribution < 1.29 is 19.0 Å². The predicted molar refractivity (Wildman–Crippen MR) is 110 cm³/mol. The molecule has 0 radical (unpaired) electrons. The van der Waals surface area contributed by atoms with E-state index in [0.29, 0.717) is 11.5 Å².